The number of para-hydroxylation sites is 2. The maximum absolute atomic E-state index is 13.2. The van der Waals surface area contributed by atoms with Gasteiger partial charge in [-0.2, -0.15) is 0 Å². The quantitative estimate of drug-likeness (QED) is 0.871. The Bertz CT molecular complexity index is 781. The van der Waals surface area contributed by atoms with E-state index in [9.17, 15) is 18.4 Å². The van der Waals surface area contributed by atoms with Gasteiger partial charge in [0.25, 0.3) is 0 Å². The van der Waals surface area contributed by atoms with Crippen LogP contribution < -0.4 is 15.0 Å². The number of nitrogens with one attached hydrogen (secondary N) is 1. The van der Waals surface area contributed by atoms with Crippen molar-refractivity contribution < 1.29 is 23.1 Å². The lowest BCUT2D eigenvalue weighted by Crippen LogP contribution is -2.37. The van der Waals surface area contributed by atoms with Crippen molar-refractivity contribution in [2.45, 2.75) is 13.8 Å². The van der Waals surface area contributed by atoms with Crippen LogP contribution in [0.1, 0.15) is 13.8 Å². The van der Waals surface area contributed by atoms with Crippen molar-refractivity contribution in [1.82, 2.24) is 0 Å². The zero-order valence-electron chi connectivity index (χ0n) is 13.9. The zero-order valence-corrected chi connectivity index (χ0v) is 13.9. The van der Waals surface area contributed by atoms with E-state index in [1.807, 2.05) is 6.92 Å². The van der Waals surface area contributed by atoms with Crippen molar-refractivity contribution in [3.05, 3.63) is 54.1 Å². The van der Waals surface area contributed by atoms with Gasteiger partial charge < -0.3 is 10.1 Å². The molecule has 5 nitrogen and oxygen atoms in total. The van der Waals surface area contributed by atoms with Gasteiger partial charge in [0, 0.05) is 18.7 Å². The Morgan fingerprint density at radius 2 is 1.84 bits per heavy atom. The molecule has 0 heterocycles. The molecule has 2 aromatic rings. The molecule has 0 saturated heterocycles. The molecule has 0 aliphatic rings. The molecule has 2 rings (SSSR count). The fraction of sp³-hybridized carbons (Fsp3) is 0.222. The number of rotatable bonds is 6. The molecule has 0 fully saturated rings. The van der Waals surface area contributed by atoms with Crippen molar-refractivity contribution >= 4 is 23.2 Å². The molecule has 25 heavy (non-hydrogen) atoms. The highest BCUT2D eigenvalue weighted by Gasteiger charge is 2.19. The van der Waals surface area contributed by atoms with Gasteiger partial charge in [0.15, 0.2) is 11.6 Å². The number of benzene rings is 2. The van der Waals surface area contributed by atoms with E-state index in [2.05, 4.69) is 5.32 Å². The Balaban J connectivity index is 2.17. The summed E-state index contributed by atoms with van der Waals surface area (Å²) >= 11 is 0. The van der Waals surface area contributed by atoms with E-state index in [0.29, 0.717) is 18.0 Å². The first-order valence-corrected chi connectivity index (χ1v) is 7.67. The second-order valence-corrected chi connectivity index (χ2v) is 5.18. The molecule has 7 heteroatoms. The minimum absolute atomic E-state index is 0.102. The summed E-state index contributed by atoms with van der Waals surface area (Å²) in [6, 6.07) is 9.87. The van der Waals surface area contributed by atoms with Gasteiger partial charge in [-0.05, 0) is 31.2 Å². The molecule has 132 valence electrons. The highest BCUT2D eigenvalue weighted by Crippen LogP contribution is 2.28. The summed E-state index contributed by atoms with van der Waals surface area (Å²) < 4.78 is 31.6. The van der Waals surface area contributed by atoms with Crippen molar-refractivity contribution in [2.75, 3.05) is 23.4 Å². The second-order valence-electron chi connectivity index (χ2n) is 5.18. The monoisotopic (exact) mass is 348 g/mol. The third-order valence-electron chi connectivity index (χ3n) is 3.34. The number of ether oxygens (including phenoxy) is 1. The fourth-order valence-corrected chi connectivity index (χ4v) is 2.24. The normalized spacial score (nSPS) is 10.2. The molecule has 1 N–H and O–H groups in total. The Labute approximate surface area is 144 Å². The third-order valence-corrected chi connectivity index (χ3v) is 3.34. The first-order chi connectivity index (χ1) is 11.9. The number of nitrogens with zero attached hydrogens (tertiary/aromatic N) is 1. The number of amides is 2. The van der Waals surface area contributed by atoms with E-state index in [1.165, 1.54) is 17.9 Å². The van der Waals surface area contributed by atoms with Gasteiger partial charge >= 0.3 is 0 Å². The van der Waals surface area contributed by atoms with Crippen LogP contribution >= 0.6 is 0 Å². The second kappa shape index (κ2) is 8.23. The lowest BCUT2D eigenvalue weighted by molar-refractivity contribution is -0.120. The molecule has 0 spiro atoms. The molecule has 0 radical (unpaired) electrons. The molecule has 0 atom stereocenters. The van der Waals surface area contributed by atoms with Crippen molar-refractivity contribution in [1.29, 1.82) is 0 Å². The molecule has 0 aliphatic heterocycles. The predicted octanol–water partition coefficient (Wildman–Crippen LogP) is 3.36. The smallest absolute Gasteiger partial charge is 0.244 e. The van der Waals surface area contributed by atoms with Crippen molar-refractivity contribution in [2.24, 2.45) is 0 Å². The Morgan fingerprint density at radius 3 is 2.48 bits per heavy atom. The number of carbonyl (C=O) groups is 2. The van der Waals surface area contributed by atoms with E-state index < -0.39 is 17.5 Å². The van der Waals surface area contributed by atoms with Crippen LogP contribution in [0, 0.1) is 11.6 Å². The molecule has 0 aromatic heterocycles. The standard InChI is InChI=1S/C18H18F2N2O3/c1-3-25-17-7-5-4-6-16(17)22(12(2)23)11-18(24)21-13-8-9-14(19)15(20)10-13/h4-10H,3,11H2,1-2H3,(H,21,24). The van der Waals surface area contributed by atoms with Gasteiger partial charge in [-0.3, -0.25) is 14.5 Å². The number of halogens is 2. The van der Waals surface area contributed by atoms with Crippen LogP contribution in [0.4, 0.5) is 20.2 Å². The first kappa shape index (κ1) is 18.4. The number of anilines is 2. The fourth-order valence-electron chi connectivity index (χ4n) is 2.24. The van der Waals surface area contributed by atoms with Gasteiger partial charge in [0.1, 0.15) is 12.3 Å². The summed E-state index contributed by atoms with van der Waals surface area (Å²) in [6.07, 6.45) is 0. The van der Waals surface area contributed by atoms with Crippen LogP contribution in [0.3, 0.4) is 0 Å². The Kier molecular flexibility index (Phi) is 6.05. The molecule has 0 aliphatic carbocycles. The van der Waals surface area contributed by atoms with Crippen molar-refractivity contribution in [3.8, 4) is 5.75 Å². The maximum Gasteiger partial charge on any atom is 0.244 e. The summed E-state index contributed by atoms with van der Waals surface area (Å²) in [5.41, 5.74) is 0.558. The Hall–Kier alpha value is -2.96. The summed E-state index contributed by atoms with van der Waals surface area (Å²) in [7, 11) is 0. The van der Waals surface area contributed by atoms with E-state index in [1.54, 1.807) is 24.3 Å². The average molecular weight is 348 g/mol. The van der Waals surface area contributed by atoms with Gasteiger partial charge in [-0.25, -0.2) is 8.78 Å². The lowest BCUT2D eigenvalue weighted by atomic mass is 10.2. The average Bonchev–Trinajstić information content (AvgIpc) is 2.57. The minimum atomic E-state index is -1.07. The summed E-state index contributed by atoms with van der Waals surface area (Å²) in [5.74, 6) is -2.50. The summed E-state index contributed by atoms with van der Waals surface area (Å²) in [4.78, 5) is 25.4. The topological polar surface area (TPSA) is 58.6 Å². The molecule has 0 bridgehead atoms. The third kappa shape index (κ3) is 4.76. The number of hydrogen-bond acceptors (Lipinski definition) is 3. The van der Waals surface area contributed by atoms with Crippen LogP contribution in [0.2, 0.25) is 0 Å². The largest absolute Gasteiger partial charge is 0.492 e. The van der Waals surface area contributed by atoms with E-state index in [0.717, 1.165) is 12.1 Å². The summed E-state index contributed by atoms with van der Waals surface area (Å²) in [5, 5.41) is 2.44. The number of hydrogen-bond donors (Lipinski definition) is 1. The highest BCUT2D eigenvalue weighted by molar-refractivity contribution is 6.02. The summed E-state index contributed by atoms with van der Waals surface area (Å²) in [6.45, 7) is 3.25. The van der Waals surface area contributed by atoms with Crippen LogP contribution in [0.15, 0.2) is 42.5 Å². The minimum Gasteiger partial charge on any atom is -0.492 e. The van der Waals surface area contributed by atoms with Gasteiger partial charge in [0.2, 0.25) is 11.8 Å². The van der Waals surface area contributed by atoms with E-state index >= 15 is 0 Å². The van der Waals surface area contributed by atoms with Crippen LogP contribution in [-0.2, 0) is 9.59 Å². The van der Waals surface area contributed by atoms with E-state index in [-0.39, 0.29) is 18.1 Å². The Morgan fingerprint density at radius 1 is 1.12 bits per heavy atom. The lowest BCUT2D eigenvalue weighted by Gasteiger charge is -2.23. The zero-order chi connectivity index (χ0) is 18.4. The number of carbonyl (C=O) groups excluding carboxylic acids is 2. The first-order valence-electron chi connectivity index (χ1n) is 7.67. The van der Waals surface area contributed by atoms with Gasteiger partial charge in [-0.15, -0.1) is 0 Å². The molecular weight excluding hydrogens is 330 g/mol. The van der Waals surface area contributed by atoms with Gasteiger partial charge in [-0.1, -0.05) is 12.1 Å². The van der Waals surface area contributed by atoms with Crippen LogP contribution in [0.5, 0.6) is 5.75 Å². The molecule has 2 amide bonds. The van der Waals surface area contributed by atoms with E-state index in [4.69, 9.17) is 4.74 Å². The molecular formula is C18H18F2N2O3. The predicted molar refractivity (Wildman–Crippen MR) is 90.6 cm³/mol. The van der Waals surface area contributed by atoms with Crippen LogP contribution in [0.25, 0.3) is 0 Å². The van der Waals surface area contributed by atoms with Gasteiger partial charge in [0.05, 0.1) is 12.3 Å². The molecule has 2 aromatic carbocycles. The molecule has 0 saturated carbocycles. The SMILES string of the molecule is CCOc1ccccc1N(CC(=O)Nc1ccc(F)c(F)c1)C(C)=O. The van der Waals surface area contributed by atoms with Crippen LogP contribution in [-0.4, -0.2) is 25.0 Å². The maximum atomic E-state index is 13.2. The highest BCUT2D eigenvalue weighted by atomic mass is 19.2. The molecule has 0 unspecified atom stereocenters. The van der Waals surface area contributed by atoms with Crippen molar-refractivity contribution in [3.63, 3.8) is 0 Å².